The summed E-state index contributed by atoms with van der Waals surface area (Å²) in [5.41, 5.74) is 3.21. The Labute approximate surface area is 132 Å². The Bertz CT molecular complexity index is 590. The molecule has 0 aliphatic heterocycles. The highest BCUT2D eigenvalue weighted by Crippen LogP contribution is 2.24. The first kappa shape index (κ1) is 21.6. The molecule has 1 N–H and O–H groups in total. The highest BCUT2D eigenvalue weighted by atomic mass is 19.4. The molecule has 0 aromatic heterocycles. The largest absolute Gasteiger partial charge is 0.458 e. The predicted molar refractivity (Wildman–Crippen MR) is 72.3 cm³/mol. The zero-order chi connectivity index (χ0) is 19.3. The van der Waals surface area contributed by atoms with Crippen LogP contribution in [0.25, 0.3) is 0 Å². The maximum absolute atomic E-state index is 11.2. The lowest BCUT2D eigenvalue weighted by molar-refractivity contribution is -0.193. The maximum Gasteiger partial charge on any atom is 0.458 e. The standard InChI is InChI=1S/C10H13NO.C4F6O2/c1-7-4-8(2)6-10(5-7)11-9(3)12;5-3(6,7)1(11)2(12)4(8,9)10/h4-6H,1-3H3,(H,11,12);. The van der Waals surface area contributed by atoms with Crippen LogP contribution in [0.4, 0.5) is 32.0 Å². The number of alkyl halides is 6. The lowest BCUT2D eigenvalue weighted by Gasteiger charge is -2.05. The van der Waals surface area contributed by atoms with Crippen LogP contribution in [0.1, 0.15) is 18.1 Å². The van der Waals surface area contributed by atoms with Gasteiger partial charge in [-0.25, -0.2) is 0 Å². The van der Waals surface area contributed by atoms with E-state index in [4.69, 9.17) is 0 Å². The molecule has 0 heterocycles. The van der Waals surface area contributed by atoms with Crippen molar-refractivity contribution < 1.29 is 40.7 Å². The molecule has 0 radical (unpaired) electrons. The first-order valence-corrected chi connectivity index (χ1v) is 6.23. The van der Waals surface area contributed by atoms with E-state index in [-0.39, 0.29) is 5.91 Å². The van der Waals surface area contributed by atoms with Crippen LogP contribution >= 0.6 is 0 Å². The van der Waals surface area contributed by atoms with E-state index in [0.717, 1.165) is 5.69 Å². The van der Waals surface area contributed by atoms with Gasteiger partial charge in [0.1, 0.15) is 0 Å². The Morgan fingerprint density at radius 1 is 0.792 bits per heavy atom. The van der Waals surface area contributed by atoms with E-state index in [0.29, 0.717) is 0 Å². The molecule has 0 fully saturated rings. The molecule has 1 aromatic rings. The summed E-state index contributed by atoms with van der Waals surface area (Å²) in [6, 6.07) is 5.98. The van der Waals surface area contributed by atoms with Gasteiger partial charge in [0.2, 0.25) is 5.91 Å². The van der Waals surface area contributed by atoms with Crippen LogP contribution in [0.3, 0.4) is 0 Å². The first-order valence-electron chi connectivity index (χ1n) is 6.23. The number of carbonyl (C=O) groups is 3. The summed E-state index contributed by atoms with van der Waals surface area (Å²) in [6.45, 7) is 5.54. The number of Topliss-reactive ketones (excluding diaryl/α,β-unsaturated/α-hetero) is 2. The third-order valence-electron chi connectivity index (χ3n) is 2.26. The van der Waals surface area contributed by atoms with Crippen molar-refractivity contribution in [3.8, 4) is 0 Å². The van der Waals surface area contributed by atoms with E-state index < -0.39 is 23.9 Å². The van der Waals surface area contributed by atoms with E-state index in [1.807, 2.05) is 26.0 Å². The molecule has 0 atom stereocenters. The van der Waals surface area contributed by atoms with Gasteiger partial charge in [0, 0.05) is 12.6 Å². The van der Waals surface area contributed by atoms with Gasteiger partial charge in [0.05, 0.1) is 0 Å². The van der Waals surface area contributed by atoms with Crippen molar-refractivity contribution in [1.82, 2.24) is 0 Å². The van der Waals surface area contributed by atoms with Crippen LogP contribution in [0.15, 0.2) is 18.2 Å². The Hall–Kier alpha value is -2.39. The number of ketones is 2. The molecule has 0 saturated carbocycles. The molecule has 24 heavy (non-hydrogen) atoms. The van der Waals surface area contributed by atoms with Gasteiger partial charge in [-0.15, -0.1) is 0 Å². The van der Waals surface area contributed by atoms with Gasteiger partial charge in [-0.2, -0.15) is 26.3 Å². The maximum atomic E-state index is 11.2. The number of aryl methyl sites for hydroxylation is 2. The zero-order valence-electron chi connectivity index (χ0n) is 12.7. The van der Waals surface area contributed by atoms with Crippen molar-refractivity contribution in [2.45, 2.75) is 33.1 Å². The van der Waals surface area contributed by atoms with Crippen LogP contribution in [0.2, 0.25) is 0 Å². The zero-order valence-corrected chi connectivity index (χ0v) is 12.7. The van der Waals surface area contributed by atoms with E-state index >= 15 is 0 Å². The molecule has 1 rings (SSSR count). The van der Waals surface area contributed by atoms with Gasteiger partial charge in [-0.1, -0.05) is 6.07 Å². The summed E-state index contributed by atoms with van der Waals surface area (Å²) in [7, 11) is 0. The molecule has 1 amide bonds. The van der Waals surface area contributed by atoms with Crippen molar-refractivity contribution in [2.75, 3.05) is 5.32 Å². The van der Waals surface area contributed by atoms with Crippen molar-refractivity contribution in [3.63, 3.8) is 0 Å². The summed E-state index contributed by atoms with van der Waals surface area (Å²) in [5, 5.41) is 2.75. The number of hydrogen-bond acceptors (Lipinski definition) is 3. The lowest BCUT2D eigenvalue weighted by atomic mass is 10.1. The molecule has 134 valence electrons. The second kappa shape index (κ2) is 7.93. The highest BCUT2D eigenvalue weighted by Gasteiger charge is 2.54. The van der Waals surface area contributed by atoms with Crippen LogP contribution in [0.5, 0.6) is 0 Å². The van der Waals surface area contributed by atoms with E-state index in [2.05, 4.69) is 11.4 Å². The minimum absolute atomic E-state index is 0.0278. The summed E-state index contributed by atoms with van der Waals surface area (Å²) in [4.78, 5) is 30.0. The lowest BCUT2D eigenvalue weighted by Crippen LogP contribution is -2.39. The number of benzene rings is 1. The Morgan fingerprint density at radius 3 is 1.38 bits per heavy atom. The van der Waals surface area contributed by atoms with Gasteiger partial charge < -0.3 is 5.32 Å². The second-order valence-electron chi connectivity index (χ2n) is 4.71. The summed E-state index contributed by atoms with van der Waals surface area (Å²) in [5.74, 6) is -6.84. The van der Waals surface area contributed by atoms with Gasteiger partial charge in [0.15, 0.2) is 0 Å². The third-order valence-corrected chi connectivity index (χ3v) is 2.26. The molecular weight excluding hydrogens is 344 g/mol. The minimum Gasteiger partial charge on any atom is -0.326 e. The number of anilines is 1. The number of carbonyl (C=O) groups excluding carboxylic acids is 3. The van der Waals surface area contributed by atoms with Gasteiger partial charge in [0.25, 0.3) is 0 Å². The molecule has 0 spiro atoms. The van der Waals surface area contributed by atoms with Crippen molar-refractivity contribution in [3.05, 3.63) is 29.3 Å². The number of hydrogen-bond donors (Lipinski definition) is 1. The molecule has 4 nitrogen and oxygen atoms in total. The van der Waals surface area contributed by atoms with Gasteiger partial charge in [-0.05, 0) is 37.1 Å². The fraction of sp³-hybridized carbons (Fsp3) is 0.357. The fourth-order valence-electron chi connectivity index (χ4n) is 1.51. The first-order chi connectivity index (χ1) is 10.6. The number of nitrogens with one attached hydrogen (secondary N) is 1. The van der Waals surface area contributed by atoms with Crippen LogP contribution in [0, 0.1) is 13.8 Å². The third kappa shape index (κ3) is 7.75. The van der Waals surface area contributed by atoms with Crippen molar-refractivity contribution in [1.29, 1.82) is 0 Å². The summed E-state index contributed by atoms with van der Waals surface area (Å²) in [6.07, 6.45) is -11.5. The topological polar surface area (TPSA) is 63.2 Å². The smallest absolute Gasteiger partial charge is 0.326 e. The molecule has 0 aliphatic carbocycles. The molecule has 1 aromatic carbocycles. The number of amides is 1. The summed E-state index contributed by atoms with van der Waals surface area (Å²) >= 11 is 0. The Kier molecular flexibility index (Phi) is 7.14. The quantitative estimate of drug-likeness (QED) is 0.651. The van der Waals surface area contributed by atoms with Crippen LogP contribution < -0.4 is 5.32 Å². The highest BCUT2D eigenvalue weighted by molar-refractivity contribution is 6.41. The predicted octanol–water partition coefficient (Wildman–Crippen LogP) is 3.51. The van der Waals surface area contributed by atoms with Gasteiger partial charge in [-0.3, -0.25) is 14.4 Å². The molecule has 10 heteroatoms. The van der Waals surface area contributed by atoms with Crippen molar-refractivity contribution in [2.24, 2.45) is 0 Å². The average Bonchev–Trinajstić information content (AvgIpc) is 2.33. The van der Waals surface area contributed by atoms with Crippen LogP contribution in [-0.2, 0) is 14.4 Å². The molecule has 0 bridgehead atoms. The van der Waals surface area contributed by atoms with E-state index in [9.17, 15) is 40.7 Å². The summed E-state index contributed by atoms with van der Waals surface area (Å²) < 4.78 is 67.0. The SMILES string of the molecule is CC(=O)Nc1cc(C)cc(C)c1.O=C(C(=O)C(F)(F)F)C(F)(F)F. The molecule has 0 aliphatic rings. The fourth-order valence-corrected chi connectivity index (χ4v) is 1.51. The number of halogens is 6. The Morgan fingerprint density at radius 2 is 1.12 bits per heavy atom. The average molecular weight is 357 g/mol. The Balaban J connectivity index is 0.000000441. The monoisotopic (exact) mass is 357 g/mol. The molecular formula is C14H13F6NO3. The van der Waals surface area contributed by atoms with Crippen molar-refractivity contribution >= 4 is 23.2 Å². The number of rotatable bonds is 2. The van der Waals surface area contributed by atoms with E-state index in [1.165, 1.54) is 18.1 Å². The normalized spacial score (nSPS) is 11.2. The van der Waals surface area contributed by atoms with E-state index in [1.54, 1.807) is 0 Å². The second-order valence-corrected chi connectivity index (χ2v) is 4.71. The molecule has 0 unspecified atom stereocenters. The van der Waals surface area contributed by atoms with Crippen LogP contribution in [-0.4, -0.2) is 29.8 Å². The van der Waals surface area contributed by atoms with Gasteiger partial charge >= 0.3 is 23.9 Å². The minimum atomic E-state index is -5.77. The molecule has 0 saturated heterocycles.